The summed E-state index contributed by atoms with van der Waals surface area (Å²) < 4.78 is 0. The first-order chi connectivity index (χ1) is 14.0. The van der Waals surface area contributed by atoms with E-state index in [2.05, 4.69) is 62.6 Å². The topological polar surface area (TPSA) is 88.1 Å². The smallest absolute Gasteiger partial charge is 0.256 e. The van der Waals surface area contributed by atoms with Gasteiger partial charge in [0.05, 0.1) is 7.11 Å². The van der Waals surface area contributed by atoms with E-state index in [9.17, 15) is 0 Å². The molecule has 0 saturated carbocycles. The molecule has 1 unspecified atom stereocenters. The monoisotopic (exact) mass is 397 g/mol. The number of hydroxylamine groups is 1. The molecular weight excluding hydrogens is 366 g/mol. The minimum absolute atomic E-state index is 0.416. The van der Waals surface area contributed by atoms with E-state index < -0.39 is 0 Å². The second kappa shape index (κ2) is 11.8. The SMILES string of the molecule is C/C=C(\C=C/C(C)CC)CNc1nc(NCc2ccncc2)nc(N(C)OC)n1. The lowest BCUT2D eigenvalue weighted by Gasteiger charge is -2.16. The van der Waals surface area contributed by atoms with Crippen molar-refractivity contribution in [2.75, 3.05) is 36.4 Å². The minimum atomic E-state index is 0.416. The molecular formula is C21H31N7O. The Morgan fingerprint density at radius 1 is 1.17 bits per heavy atom. The number of aromatic nitrogens is 4. The van der Waals surface area contributed by atoms with Gasteiger partial charge in [0, 0.05) is 32.5 Å². The fourth-order valence-corrected chi connectivity index (χ4v) is 2.29. The van der Waals surface area contributed by atoms with Gasteiger partial charge in [-0.3, -0.25) is 9.82 Å². The third kappa shape index (κ3) is 7.50. The van der Waals surface area contributed by atoms with Crippen molar-refractivity contribution in [3.05, 3.63) is 53.9 Å². The first kappa shape index (κ1) is 22.3. The molecule has 156 valence electrons. The van der Waals surface area contributed by atoms with Gasteiger partial charge in [-0.25, -0.2) is 5.06 Å². The van der Waals surface area contributed by atoms with Crippen molar-refractivity contribution in [1.82, 2.24) is 19.9 Å². The highest BCUT2D eigenvalue weighted by Crippen LogP contribution is 2.14. The summed E-state index contributed by atoms with van der Waals surface area (Å²) in [6.45, 7) is 7.61. The molecule has 0 aliphatic heterocycles. The van der Waals surface area contributed by atoms with E-state index in [0.29, 0.717) is 36.9 Å². The van der Waals surface area contributed by atoms with Crippen LogP contribution in [-0.2, 0) is 11.4 Å². The van der Waals surface area contributed by atoms with Gasteiger partial charge in [0.2, 0.25) is 11.9 Å². The van der Waals surface area contributed by atoms with Gasteiger partial charge in [0.25, 0.3) is 5.95 Å². The van der Waals surface area contributed by atoms with Crippen LogP contribution in [0, 0.1) is 5.92 Å². The summed E-state index contributed by atoms with van der Waals surface area (Å²) in [5.41, 5.74) is 2.25. The van der Waals surface area contributed by atoms with Crippen LogP contribution < -0.4 is 15.7 Å². The molecule has 2 heterocycles. The summed E-state index contributed by atoms with van der Waals surface area (Å²) >= 11 is 0. The van der Waals surface area contributed by atoms with Crippen LogP contribution in [0.1, 0.15) is 32.8 Å². The average molecular weight is 398 g/mol. The van der Waals surface area contributed by atoms with Gasteiger partial charge in [-0.15, -0.1) is 0 Å². The van der Waals surface area contributed by atoms with Crippen LogP contribution in [0.4, 0.5) is 17.8 Å². The third-order valence-corrected chi connectivity index (χ3v) is 4.48. The van der Waals surface area contributed by atoms with Gasteiger partial charge in [-0.1, -0.05) is 38.5 Å². The van der Waals surface area contributed by atoms with E-state index >= 15 is 0 Å². The highest BCUT2D eigenvalue weighted by Gasteiger charge is 2.10. The van der Waals surface area contributed by atoms with Crippen LogP contribution in [0.2, 0.25) is 0 Å². The van der Waals surface area contributed by atoms with Gasteiger partial charge in [-0.2, -0.15) is 15.0 Å². The maximum Gasteiger partial charge on any atom is 0.256 e. The molecule has 2 aromatic rings. The normalized spacial score (nSPS) is 12.8. The molecule has 8 nitrogen and oxygen atoms in total. The van der Waals surface area contributed by atoms with Crippen molar-refractivity contribution in [2.45, 2.75) is 33.7 Å². The predicted molar refractivity (Wildman–Crippen MR) is 118 cm³/mol. The lowest BCUT2D eigenvalue weighted by atomic mass is 10.1. The summed E-state index contributed by atoms with van der Waals surface area (Å²) in [4.78, 5) is 22.6. The van der Waals surface area contributed by atoms with Crippen LogP contribution >= 0.6 is 0 Å². The molecule has 0 aromatic carbocycles. The third-order valence-electron chi connectivity index (χ3n) is 4.48. The molecule has 0 aliphatic carbocycles. The molecule has 2 N–H and O–H groups in total. The zero-order valence-electron chi connectivity index (χ0n) is 17.9. The van der Waals surface area contributed by atoms with Crippen molar-refractivity contribution in [3.8, 4) is 0 Å². The van der Waals surface area contributed by atoms with Crippen LogP contribution in [0.5, 0.6) is 0 Å². The Kier molecular flexibility index (Phi) is 9.04. The van der Waals surface area contributed by atoms with Crippen LogP contribution in [0.3, 0.4) is 0 Å². The van der Waals surface area contributed by atoms with Gasteiger partial charge < -0.3 is 10.6 Å². The number of hydrogen-bond acceptors (Lipinski definition) is 8. The average Bonchev–Trinajstić information content (AvgIpc) is 2.77. The molecule has 0 radical (unpaired) electrons. The Labute approximate surface area is 173 Å². The molecule has 0 fully saturated rings. The number of nitrogens with zero attached hydrogens (tertiary/aromatic N) is 5. The Bertz CT molecular complexity index is 808. The Morgan fingerprint density at radius 2 is 1.86 bits per heavy atom. The molecule has 0 saturated heterocycles. The van der Waals surface area contributed by atoms with Crippen molar-refractivity contribution in [1.29, 1.82) is 0 Å². The van der Waals surface area contributed by atoms with Crippen LogP contribution in [0.15, 0.2) is 48.3 Å². The van der Waals surface area contributed by atoms with Crippen LogP contribution in [-0.4, -0.2) is 40.6 Å². The number of rotatable bonds is 11. The second-order valence-electron chi connectivity index (χ2n) is 6.63. The summed E-state index contributed by atoms with van der Waals surface area (Å²) in [5.74, 6) is 1.91. The molecule has 0 aliphatic rings. The molecule has 0 bridgehead atoms. The fourth-order valence-electron chi connectivity index (χ4n) is 2.29. The quantitative estimate of drug-likeness (QED) is 0.437. The van der Waals surface area contributed by atoms with E-state index in [1.54, 1.807) is 26.6 Å². The first-order valence-corrected chi connectivity index (χ1v) is 9.79. The van der Waals surface area contributed by atoms with Crippen molar-refractivity contribution < 1.29 is 4.84 Å². The zero-order chi connectivity index (χ0) is 21.1. The van der Waals surface area contributed by atoms with E-state index in [1.165, 1.54) is 10.6 Å². The molecule has 1 atom stereocenters. The molecule has 8 heteroatoms. The van der Waals surface area contributed by atoms with Gasteiger partial charge in [-0.05, 0) is 36.1 Å². The summed E-state index contributed by atoms with van der Waals surface area (Å²) in [6, 6.07) is 3.88. The molecule has 29 heavy (non-hydrogen) atoms. The number of anilines is 3. The van der Waals surface area contributed by atoms with Crippen molar-refractivity contribution in [3.63, 3.8) is 0 Å². The van der Waals surface area contributed by atoms with Gasteiger partial charge >= 0.3 is 0 Å². The summed E-state index contributed by atoms with van der Waals surface area (Å²) in [5, 5.41) is 8.00. The Hall–Kier alpha value is -3.00. The maximum absolute atomic E-state index is 5.23. The maximum atomic E-state index is 5.23. The fraction of sp³-hybridized carbons (Fsp3) is 0.429. The highest BCUT2D eigenvalue weighted by molar-refractivity contribution is 5.43. The van der Waals surface area contributed by atoms with Gasteiger partial charge in [0.1, 0.15) is 0 Å². The molecule has 0 amide bonds. The van der Waals surface area contributed by atoms with E-state index in [-0.39, 0.29) is 0 Å². The number of allylic oxidation sites excluding steroid dienone is 2. The lowest BCUT2D eigenvalue weighted by Crippen LogP contribution is -2.20. The highest BCUT2D eigenvalue weighted by atomic mass is 16.7. The van der Waals surface area contributed by atoms with Gasteiger partial charge in [0.15, 0.2) is 0 Å². The van der Waals surface area contributed by atoms with Crippen molar-refractivity contribution in [2.24, 2.45) is 5.92 Å². The number of hydrogen-bond donors (Lipinski definition) is 2. The standard InChI is InChI=1S/C21H31N7O/c1-6-16(3)8-9-17(7-2)14-23-19-25-20(27-21(26-19)28(4)29-5)24-15-18-10-12-22-13-11-18/h7-13,16H,6,14-15H2,1-5H3,(H2,23,24,25,26,27)/b9-8-,17-7+. The minimum Gasteiger partial charge on any atom is -0.350 e. The molecule has 2 aromatic heterocycles. The Morgan fingerprint density at radius 3 is 2.48 bits per heavy atom. The lowest BCUT2D eigenvalue weighted by molar-refractivity contribution is 0.180. The van der Waals surface area contributed by atoms with E-state index in [1.807, 2.05) is 19.1 Å². The molecule has 0 spiro atoms. The van der Waals surface area contributed by atoms with Crippen LogP contribution in [0.25, 0.3) is 0 Å². The zero-order valence-corrected chi connectivity index (χ0v) is 17.9. The first-order valence-electron chi connectivity index (χ1n) is 9.79. The summed E-state index contributed by atoms with van der Waals surface area (Å²) in [6.07, 6.45) is 11.1. The van der Waals surface area contributed by atoms with Crippen molar-refractivity contribution >= 4 is 17.8 Å². The van der Waals surface area contributed by atoms with E-state index in [4.69, 9.17) is 4.84 Å². The second-order valence-corrected chi connectivity index (χ2v) is 6.63. The largest absolute Gasteiger partial charge is 0.350 e. The number of pyridine rings is 1. The number of nitrogens with one attached hydrogen (secondary N) is 2. The summed E-state index contributed by atoms with van der Waals surface area (Å²) in [7, 11) is 3.32. The predicted octanol–water partition coefficient (Wildman–Crippen LogP) is 3.84. The molecule has 2 rings (SSSR count). The Balaban J connectivity index is 2.11. The van der Waals surface area contributed by atoms with E-state index in [0.717, 1.165) is 12.0 Å².